The van der Waals surface area contributed by atoms with Crippen molar-refractivity contribution in [3.63, 3.8) is 0 Å². The second kappa shape index (κ2) is 10.3. The zero-order chi connectivity index (χ0) is 9.98. The first-order chi connectivity index (χ1) is 5.54. The van der Waals surface area contributed by atoms with Crippen molar-refractivity contribution in [1.29, 1.82) is 0 Å². The predicted molar refractivity (Wildman–Crippen MR) is 51.2 cm³/mol. The highest BCUT2D eigenvalue weighted by Crippen LogP contribution is 1.84. The SMILES string of the molecule is CCCC(C)=O.CCCC(C)=O. The summed E-state index contributed by atoms with van der Waals surface area (Å²) in [6, 6.07) is 0. The van der Waals surface area contributed by atoms with Gasteiger partial charge in [0, 0.05) is 12.8 Å². The van der Waals surface area contributed by atoms with Crippen LogP contribution in [0.5, 0.6) is 0 Å². The highest BCUT2D eigenvalue weighted by Gasteiger charge is 1.84. The van der Waals surface area contributed by atoms with Crippen molar-refractivity contribution >= 4 is 11.6 Å². The topological polar surface area (TPSA) is 34.1 Å². The van der Waals surface area contributed by atoms with Crippen LogP contribution in [0.1, 0.15) is 53.4 Å². The van der Waals surface area contributed by atoms with Gasteiger partial charge in [-0.3, -0.25) is 0 Å². The molecule has 0 aromatic carbocycles. The molecule has 0 aromatic heterocycles. The fourth-order valence-electron chi connectivity index (χ4n) is 0.704. The molecule has 0 spiro atoms. The lowest BCUT2D eigenvalue weighted by molar-refractivity contribution is -0.117. The number of carbonyl (C=O) groups is 2. The Kier molecular flexibility index (Phi) is 12.0. The Bertz CT molecular complexity index is 112. The third kappa shape index (κ3) is 22.8. The highest BCUT2D eigenvalue weighted by molar-refractivity contribution is 5.75. The summed E-state index contributed by atoms with van der Waals surface area (Å²) in [5.41, 5.74) is 0. The van der Waals surface area contributed by atoms with E-state index in [0.29, 0.717) is 0 Å². The average molecular weight is 172 g/mol. The van der Waals surface area contributed by atoms with E-state index in [0.717, 1.165) is 25.7 Å². The molecule has 0 radical (unpaired) electrons. The fourth-order valence-corrected chi connectivity index (χ4v) is 0.704. The number of rotatable bonds is 4. The standard InChI is InChI=1S/2C5H10O/c2*1-3-4-5(2)6/h2*3-4H2,1-2H3. The third-order valence-corrected chi connectivity index (χ3v) is 1.20. The molecule has 0 saturated heterocycles. The first kappa shape index (κ1) is 13.9. The van der Waals surface area contributed by atoms with E-state index in [1.165, 1.54) is 0 Å². The van der Waals surface area contributed by atoms with Crippen LogP contribution in [0, 0.1) is 0 Å². The summed E-state index contributed by atoms with van der Waals surface area (Å²) in [5, 5.41) is 0. The van der Waals surface area contributed by atoms with E-state index in [9.17, 15) is 9.59 Å². The monoisotopic (exact) mass is 172 g/mol. The van der Waals surface area contributed by atoms with E-state index >= 15 is 0 Å². The molecule has 0 N–H and O–H groups in total. The molecule has 0 aliphatic heterocycles. The van der Waals surface area contributed by atoms with E-state index in [-0.39, 0.29) is 11.6 Å². The van der Waals surface area contributed by atoms with Crippen LogP contribution in [-0.4, -0.2) is 11.6 Å². The first-order valence-corrected chi connectivity index (χ1v) is 4.53. The van der Waals surface area contributed by atoms with Gasteiger partial charge in [-0.1, -0.05) is 13.8 Å². The van der Waals surface area contributed by atoms with Crippen molar-refractivity contribution in [2.75, 3.05) is 0 Å². The summed E-state index contributed by atoms with van der Waals surface area (Å²) in [6.45, 7) is 7.23. The van der Waals surface area contributed by atoms with Crippen LogP contribution < -0.4 is 0 Å². The predicted octanol–water partition coefficient (Wildman–Crippen LogP) is 2.75. The Balaban J connectivity index is 0. The molecule has 2 nitrogen and oxygen atoms in total. The lowest BCUT2D eigenvalue weighted by Crippen LogP contribution is -1.84. The fraction of sp³-hybridized carbons (Fsp3) is 0.800. The number of hydrogen-bond donors (Lipinski definition) is 0. The molecule has 0 fully saturated rings. The molecule has 12 heavy (non-hydrogen) atoms. The summed E-state index contributed by atoms with van der Waals surface area (Å²) in [5.74, 6) is 0.579. The van der Waals surface area contributed by atoms with Gasteiger partial charge in [0.05, 0.1) is 0 Å². The van der Waals surface area contributed by atoms with Crippen molar-refractivity contribution in [2.45, 2.75) is 53.4 Å². The van der Waals surface area contributed by atoms with Gasteiger partial charge in [0.15, 0.2) is 0 Å². The minimum Gasteiger partial charge on any atom is -0.300 e. The molecule has 0 rings (SSSR count). The van der Waals surface area contributed by atoms with Crippen LogP contribution in [0.15, 0.2) is 0 Å². The van der Waals surface area contributed by atoms with Gasteiger partial charge in [0.2, 0.25) is 0 Å². The maximum Gasteiger partial charge on any atom is 0.129 e. The zero-order valence-corrected chi connectivity index (χ0v) is 8.64. The summed E-state index contributed by atoms with van der Waals surface area (Å²) in [6.07, 6.45) is 3.44. The summed E-state index contributed by atoms with van der Waals surface area (Å²) in [4.78, 5) is 20.1. The first-order valence-electron chi connectivity index (χ1n) is 4.53. The van der Waals surface area contributed by atoms with Crippen LogP contribution in [0.2, 0.25) is 0 Å². The van der Waals surface area contributed by atoms with Crippen molar-refractivity contribution in [1.82, 2.24) is 0 Å². The van der Waals surface area contributed by atoms with Crippen molar-refractivity contribution in [3.05, 3.63) is 0 Å². The lowest BCUT2D eigenvalue weighted by atomic mass is 10.3. The zero-order valence-electron chi connectivity index (χ0n) is 8.64. The number of hydrogen-bond acceptors (Lipinski definition) is 2. The van der Waals surface area contributed by atoms with Gasteiger partial charge in [0.1, 0.15) is 11.6 Å². The number of Topliss-reactive ketones (excluding diaryl/α,β-unsaturated/α-hetero) is 2. The summed E-state index contributed by atoms with van der Waals surface area (Å²) < 4.78 is 0. The van der Waals surface area contributed by atoms with Gasteiger partial charge in [-0.25, -0.2) is 0 Å². The van der Waals surface area contributed by atoms with Crippen LogP contribution in [0.4, 0.5) is 0 Å². The smallest absolute Gasteiger partial charge is 0.129 e. The molecule has 0 heterocycles. The maximum atomic E-state index is 10.0. The van der Waals surface area contributed by atoms with Gasteiger partial charge in [-0.05, 0) is 26.7 Å². The third-order valence-electron chi connectivity index (χ3n) is 1.20. The Hall–Kier alpha value is -0.660. The molecule has 2 heteroatoms. The summed E-state index contributed by atoms with van der Waals surface area (Å²) in [7, 11) is 0. The second-order valence-corrected chi connectivity index (χ2v) is 2.90. The molecule has 0 aliphatic carbocycles. The minimum atomic E-state index is 0.289. The molecule has 0 saturated carbocycles. The van der Waals surface area contributed by atoms with E-state index < -0.39 is 0 Å². The molecule has 0 aliphatic rings. The van der Waals surface area contributed by atoms with Crippen molar-refractivity contribution < 1.29 is 9.59 Å². The molecule has 0 aromatic rings. The lowest BCUT2D eigenvalue weighted by Gasteiger charge is -1.80. The minimum absolute atomic E-state index is 0.289. The van der Waals surface area contributed by atoms with E-state index in [4.69, 9.17) is 0 Å². The Morgan fingerprint density at radius 3 is 1.08 bits per heavy atom. The van der Waals surface area contributed by atoms with Crippen molar-refractivity contribution in [3.8, 4) is 0 Å². The number of carbonyl (C=O) groups excluding carboxylic acids is 2. The van der Waals surface area contributed by atoms with Gasteiger partial charge in [-0.15, -0.1) is 0 Å². The van der Waals surface area contributed by atoms with Gasteiger partial charge in [-0.2, -0.15) is 0 Å². The van der Waals surface area contributed by atoms with E-state index in [2.05, 4.69) is 0 Å². The van der Waals surface area contributed by atoms with Crippen LogP contribution in [0.3, 0.4) is 0 Å². The van der Waals surface area contributed by atoms with Crippen LogP contribution in [0.25, 0.3) is 0 Å². The Labute approximate surface area is 75.4 Å². The highest BCUT2D eigenvalue weighted by atomic mass is 16.1. The largest absolute Gasteiger partial charge is 0.300 e. The molecule has 0 atom stereocenters. The van der Waals surface area contributed by atoms with Gasteiger partial charge >= 0.3 is 0 Å². The van der Waals surface area contributed by atoms with Crippen molar-refractivity contribution in [2.24, 2.45) is 0 Å². The molecule has 0 amide bonds. The Morgan fingerprint density at radius 2 is 1.08 bits per heavy atom. The second-order valence-electron chi connectivity index (χ2n) is 2.90. The van der Waals surface area contributed by atoms with Gasteiger partial charge in [0.25, 0.3) is 0 Å². The molecule has 72 valence electrons. The molecular weight excluding hydrogens is 152 g/mol. The maximum absolute atomic E-state index is 10.0. The number of ketones is 2. The molecule has 0 bridgehead atoms. The summed E-state index contributed by atoms with van der Waals surface area (Å²) >= 11 is 0. The Morgan fingerprint density at radius 1 is 0.833 bits per heavy atom. The van der Waals surface area contributed by atoms with Crippen LogP contribution in [-0.2, 0) is 9.59 Å². The normalized spacial score (nSPS) is 8.33. The average Bonchev–Trinajstić information content (AvgIpc) is 1.87. The molecular formula is C10H20O2. The quantitative estimate of drug-likeness (QED) is 0.653. The van der Waals surface area contributed by atoms with E-state index in [1.807, 2.05) is 13.8 Å². The molecule has 0 unspecified atom stereocenters. The van der Waals surface area contributed by atoms with Gasteiger partial charge < -0.3 is 9.59 Å². The van der Waals surface area contributed by atoms with Crippen LogP contribution >= 0.6 is 0 Å². The van der Waals surface area contributed by atoms with E-state index in [1.54, 1.807) is 13.8 Å².